The minimum Gasteiger partial charge on any atom is -0.348 e. The Morgan fingerprint density at radius 2 is 1.31 bits per heavy atom. The van der Waals surface area contributed by atoms with Crippen LogP contribution in [0.2, 0.25) is 0 Å². The third-order valence-electron chi connectivity index (χ3n) is 4.01. The Morgan fingerprint density at radius 3 is 1.96 bits per heavy atom. The molecule has 4 heteroatoms. The second kappa shape index (κ2) is 8.12. The Hall–Kier alpha value is -3.40. The van der Waals surface area contributed by atoms with Gasteiger partial charge in [0.15, 0.2) is 0 Å². The van der Waals surface area contributed by atoms with E-state index in [9.17, 15) is 9.59 Å². The van der Waals surface area contributed by atoms with Crippen molar-refractivity contribution in [1.29, 1.82) is 0 Å². The van der Waals surface area contributed by atoms with Crippen molar-refractivity contribution >= 4 is 17.5 Å². The lowest BCUT2D eigenvalue weighted by molar-refractivity contribution is 0.0950. The van der Waals surface area contributed by atoms with E-state index in [0.29, 0.717) is 23.4 Å². The van der Waals surface area contributed by atoms with Gasteiger partial charge < -0.3 is 10.6 Å². The van der Waals surface area contributed by atoms with E-state index in [4.69, 9.17) is 0 Å². The van der Waals surface area contributed by atoms with Crippen molar-refractivity contribution in [2.24, 2.45) is 0 Å². The normalized spacial score (nSPS) is 10.2. The molecule has 2 amide bonds. The first kappa shape index (κ1) is 17.4. The molecule has 0 unspecified atom stereocenters. The molecule has 0 bridgehead atoms. The summed E-state index contributed by atoms with van der Waals surface area (Å²) in [6.45, 7) is 2.45. The highest BCUT2D eigenvalue weighted by molar-refractivity contribution is 6.04. The highest BCUT2D eigenvalue weighted by Crippen LogP contribution is 2.12. The number of amides is 2. The molecule has 0 saturated carbocycles. The van der Waals surface area contributed by atoms with Crippen molar-refractivity contribution in [3.63, 3.8) is 0 Å². The van der Waals surface area contributed by atoms with Crippen LogP contribution in [0.3, 0.4) is 0 Å². The quantitative estimate of drug-likeness (QED) is 0.729. The van der Waals surface area contributed by atoms with Crippen molar-refractivity contribution in [3.8, 4) is 0 Å². The number of anilines is 1. The Morgan fingerprint density at radius 1 is 0.731 bits per heavy atom. The van der Waals surface area contributed by atoms with Crippen LogP contribution < -0.4 is 10.6 Å². The Balaban J connectivity index is 1.58. The maximum Gasteiger partial charge on any atom is 0.255 e. The molecule has 0 fully saturated rings. The Kier molecular flexibility index (Phi) is 5.44. The Labute approximate surface area is 152 Å². The molecule has 0 saturated heterocycles. The van der Waals surface area contributed by atoms with E-state index in [1.165, 1.54) is 0 Å². The van der Waals surface area contributed by atoms with Gasteiger partial charge in [-0.1, -0.05) is 48.0 Å². The average Bonchev–Trinajstić information content (AvgIpc) is 2.68. The van der Waals surface area contributed by atoms with Crippen LogP contribution in [-0.2, 0) is 6.54 Å². The predicted molar refractivity (Wildman–Crippen MR) is 103 cm³/mol. The summed E-state index contributed by atoms with van der Waals surface area (Å²) in [4.78, 5) is 24.4. The number of hydrogen-bond donors (Lipinski definition) is 2. The summed E-state index contributed by atoms with van der Waals surface area (Å²) >= 11 is 0. The second-order valence-electron chi connectivity index (χ2n) is 6.07. The zero-order valence-electron chi connectivity index (χ0n) is 14.5. The van der Waals surface area contributed by atoms with E-state index in [0.717, 1.165) is 11.1 Å². The molecule has 0 radical (unpaired) electrons. The highest BCUT2D eigenvalue weighted by Gasteiger charge is 2.08. The molecule has 4 nitrogen and oxygen atoms in total. The van der Waals surface area contributed by atoms with Gasteiger partial charge in [-0.05, 0) is 48.9 Å². The summed E-state index contributed by atoms with van der Waals surface area (Å²) < 4.78 is 0. The van der Waals surface area contributed by atoms with Crippen LogP contribution in [0.5, 0.6) is 0 Å². The van der Waals surface area contributed by atoms with Crippen LogP contribution in [0, 0.1) is 6.92 Å². The third-order valence-corrected chi connectivity index (χ3v) is 4.01. The van der Waals surface area contributed by atoms with Gasteiger partial charge in [0, 0.05) is 23.4 Å². The van der Waals surface area contributed by atoms with Crippen molar-refractivity contribution < 1.29 is 9.59 Å². The van der Waals surface area contributed by atoms with Gasteiger partial charge in [0.1, 0.15) is 0 Å². The molecule has 0 spiro atoms. The summed E-state index contributed by atoms with van der Waals surface area (Å²) in [5, 5.41) is 5.71. The van der Waals surface area contributed by atoms with Gasteiger partial charge >= 0.3 is 0 Å². The van der Waals surface area contributed by atoms with Crippen LogP contribution in [-0.4, -0.2) is 11.8 Å². The van der Waals surface area contributed by atoms with Gasteiger partial charge in [0.05, 0.1) is 0 Å². The predicted octanol–water partition coefficient (Wildman–Crippen LogP) is 4.18. The lowest BCUT2D eigenvalue weighted by atomic mass is 10.1. The van der Waals surface area contributed by atoms with Gasteiger partial charge in [0.2, 0.25) is 0 Å². The van der Waals surface area contributed by atoms with E-state index >= 15 is 0 Å². The van der Waals surface area contributed by atoms with Gasteiger partial charge in [-0.2, -0.15) is 0 Å². The van der Waals surface area contributed by atoms with Gasteiger partial charge in [0.25, 0.3) is 11.8 Å². The summed E-state index contributed by atoms with van der Waals surface area (Å²) in [5.41, 5.74) is 3.94. The summed E-state index contributed by atoms with van der Waals surface area (Å²) in [6.07, 6.45) is 0. The summed E-state index contributed by atoms with van der Waals surface area (Å²) in [5.74, 6) is -0.323. The third kappa shape index (κ3) is 4.57. The largest absolute Gasteiger partial charge is 0.348 e. The van der Waals surface area contributed by atoms with E-state index in [1.807, 2.05) is 49.4 Å². The topological polar surface area (TPSA) is 58.2 Å². The Bertz CT molecular complexity index is 886. The average molecular weight is 344 g/mol. The number of rotatable bonds is 5. The first-order valence-electron chi connectivity index (χ1n) is 8.42. The SMILES string of the molecule is Cc1ccc(C(=O)Nc2ccc(C(=O)NCc3ccccc3)cc2)cc1. The molecule has 0 aliphatic heterocycles. The molecule has 3 aromatic carbocycles. The highest BCUT2D eigenvalue weighted by atomic mass is 16.2. The van der Waals surface area contributed by atoms with E-state index in [2.05, 4.69) is 10.6 Å². The molecule has 0 atom stereocenters. The minimum atomic E-state index is -0.175. The van der Waals surface area contributed by atoms with E-state index in [1.54, 1.807) is 36.4 Å². The molecule has 130 valence electrons. The van der Waals surface area contributed by atoms with Crippen LogP contribution in [0.15, 0.2) is 78.9 Å². The van der Waals surface area contributed by atoms with Crippen LogP contribution in [0.25, 0.3) is 0 Å². The molecule has 26 heavy (non-hydrogen) atoms. The van der Waals surface area contributed by atoms with Crippen molar-refractivity contribution in [2.75, 3.05) is 5.32 Å². The fourth-order valence-corrected chi connectivity index (χ4v) is 2.49. The van der Waals surface area contributed by atoms with Crippen LogP contribution in [0.1, 0.15) is 31.8 Å². The molecule has 2 N–H and O–H groups in total. The number of aryl methyl sites for hydroxylation is 1. The molecule has 0 heterocycles. The first-order chi connectivity index (χ1) is 12.6. The van der Waals surface area contributed by atoms with Gasteiger partial charge in [-0.25, -0.2) is 0 Å². The molecular formula is C22H20N2O2. The maximum atomic E-state index is 12.2. The van der Waals surface area contributed by atoms with Gasteiger partial charge in [-0.3, -0.25) is 9.59 Å². The fraction of sp³-hybridized carbons (Fsp3) is 0.0909. The lowest BCUT2D eigenvalue weighted by Crippen LogP contribution is -2.22. The molecule has 0 aliphatic rings. The fourth-order valence-electron chi connectivity index (χ4n) is 2.49. The zero-order chi connectivity index (χ0) is 18.4. The molecule has 0 aromatic heterocycles. The maximum absolute atomic E-state index is 12.2. The number of benzene rings is 3. The molecule has 3 aromatic rings. The monoisotopic (exact) mass is 344 g/mol. The zero-order valence-corrected chi connectivity index (χ0v) is 14.5. The molecule has 3 rings (SSSR count). The molecular weight excluding hydrogens is 324 g/mol. The molecule has 0 aliphatic carbocycles. The van der Waals surface area contributed by atoms with Crippen molar-refractivity contribution in [2.45, 2.75) is 13.5 Å². The lowest BCUT2D eigenvalue weighted by Gasteiger charge is -2.08. The summed E-state index contributed by atoms with van der Waals surface area (Å²) in [7, 11) is 0. The smallest absolute Gasteiger partial charge is 0.255 e. The van der Waals surface area contributed by atoms with Crippen molar-refractivity contribution in [3.05, 3.63) is 101 Å². The number of carbonyl (C=O) groups excluding carboxylic acids is 2. The van der Waals surface area contributed by atoms with Gasteiger partial charge in [-0.15, -0.1) is 0 Å². The minimum absolute atomic E-state index is 0.148. The van der Waals surface area contributed by atoms with E-state index < -0.39 is 0 Å². The first-order valence-corrected chi connectivity index (χ1v) is 8.42. The standard InChI is InChI=1S/C22H20N2O2/c1-16-7-9-19(10-8-16)22(26)24-20-13-11-18(12-14-20)21(25)23-15-17-5-3-2-4-6-17/h2-14H,15H2,1H3,(H,23,25)(H,24,26). The number of carbonyl (C=O) groups is 2. The number of nitrogens with one attached hydrogen (secondary N) is 2. The van der Waals surface area contributed by atoms with Crippen molar-refractivity contribution in [1.82, 2.24) is 5.32 Å². The second-order valence-corrected chi connectivity index (χ2v) is 6.07. The van der Waals surface area contributed by atoms with Crippen LogP contribution >= 0.6 is 0 Å². The summed E-state index contributed by atoms with van der Waals surface area (Å²) in [6, 6.07) is 24.0. The van der Waals surface area contributed by atoms with E-state index in [-0.39, 0.29) is 11.8 Å². The van der Waals surface area contributed by atoms with Crippen LogP contribution in [0.4, 0.5) is 5.69 Å². The number of hydrogen-bond acceptors (Lipinski definition) is 2.